The van der Waals surface area contributed by atoms with Crippen LogP contribution in [0.3, 0.4) is 0 Å². The standard InChI is InChI=1S/C27H19Cl2N3O2S/c28-22-8-11-25(29)20(13-22)14-24-16-31-27(35-24)32-26(33)21(15-30)12-18-6-9-23(10-7-18)34-17-19-4-2-1-3-5-19/h1-13,16H,14,17H2,(H,31,32,33)/b21-12-. The van der Waals surface area contributed by atoms with Gasteiger partial charge in [-0.25, -0.2) is 4.98 Å². The number of carbonyl (C=O) groups excluding carboxylic acids is 1. The summed E-state index contributed by atoms with van der Waals surface area (Å²) < 4.78 is 5.78. The summed E-state index contributed by atoms with van der Waals surface area (Å²) in [7, 11) is 0. The van der Waals surface area contributed by atoms with E-state index in [0.29, 0.717) is 39.5 Å². The molecule has 0 spiro atoms. The Morgan fingerprint density at radius 1 is 1.09 bits per heavy atom. The second kappa shape index (κ2) is 11.7. The van der Waals surface area contributed by atoms with E-state index in [9.17, 15) is 10.1 Å². The van der Waals surface area contributed by atoms with Crippen molar-refractivity contribution in [2.45, 2.75) is 13.0 Å². The zero-order valence-electron chi connectivity index (χ0n) is 18.4. The van der Waals surface area contributed by atoms with E-state index < -0.39 is 5.91 Å². The van der Waals surface area contributed by atoms with Gasteiger partial charge in [0.1, 0.15) is 24.0 Å². The molecule has 3 aromatic carbocycles. The van der Waals surface area contributed by atoms with E-state index in [1.807, 2.05) is 36.4 Å². The lowest BCUT2D eigenvalue weighted by Crippen LogP contribution is -2.13. The minimum atomic E-state index is -0.529. The Morgan fingerprint density at radius 3 is 2.60 bits per heavy atom. The fourth-order valence-corrected chi connectivity index (χ4v) is 4.40. The Labute approximate surface area is 217 Å². The van der Waals surface area contributed by atoms with Crippen LogP contribution in [0.15, 0.2) is 84.6 Å². The average molecular weight is 520 g/mol. The van der Waals surface area contributed by atoms with Crippen molar-refractivity contribution in [1.29, 1.82) is 5.26 Å². The molecular formula is C27H19Cl2N3O2S. The van der Waals surface area contributed by atoms with Crippen molar-refractivity contribution >= 4 is 51.7 Å². The minimum Gasteiger partial charge on any atom is -0.489 e. The number of ether oxygens (including phenoxy) is 1. The summed E-state index contributed by atoms with van der Waals surface area (Å²) >= 11 is 13.6. The largest absolute Gasteiger partial charge is 0.489 e. The Balaban J connectivity index is 1.37. The van der Waals surface area contributed by atoms with Gasteiger partial charge < -0.3 is 4.74 Å². The van der Waals surface area contributed by atoms with Crippen LogP contribution >= 0.6 is 34.5 Å². The Morgan fingerprint density at radius 2 is 1.86 bits per heavy atom. The third-order valence-corrected chi connectivity index (χ3v) is 6.47. The summed E-state index contributed by atoms with van der Waals surface area (Å²) in [6, 6.07) is 24.3. The van der Waals surface area contributed by atoms with Crippen LogP contribution in [0.5, 0.6) is 5.75 Å². The zero-order chi connectivity index (χ0) is 24.6. The van der Waals surface area contributed by atoms with Gasteiger partial charge in [-0.05, 0) is 53.1 Å². The predicted octanol–water partition coefficient (Wildman–Crippen LogP) is 7.17. The second-order valence-corrected chi connectivity index (χ2v) is 9.47. The second-order valence-electron chi connectivity index (χ2n) is 7.51. The third kappa shape index (κ3) is 6.93. The third-order valence-electron chi connectivity index (χ3n) is 4.95. The molecule has 4 aromatic rings. The molecule has 35 heavy (non-hydrogen) atoms. The number of nitrogens with zero attached hydrogens (tertiary/aromatic N) is 2. The maximum atomic E-state index is 12.6. The SMILES string of the molecule is N#C/C(=C/c1ccc(OCc2ccccc2)cc1)C(=O)Nc1ncc(Cc2cc(Cl)ccc2Cl)s1. The highest BCUT2D eigenvalue weighted by molar-refractivity contribution is 7.15. The van der Waals surface area contributed by atoms with Gasteiger partial charge in [0.25, 0.3) is 5.91 Å². The lowest BCUT2D eigenvalue weighted by Gasteiger charge is -2.06. The maximum absolute atomic E-state index is 12.6. The van der Waals surface area contributed by atoms with Gasteiger partial charge in [-0.3, -0.25) is 10.1 Å². The van der Waals surface area contributed by atoms with Gasteiger partial charge in [0.15, 0.2) is 5.13 Å². The number of carbonyl (C=O) groups is 1. The van der Waals surface area contributed by atoms with Crippen molar-refractivity contribution < 1.29 is 9.53 Å². The van der Waals surface area contributed by atoms with Crippen molar-refractivity contribution in [2.75, 3.05) is 5.32 Å². The molecule has 0 saturated heterocycles. The number of rotatable bonds is 8. The predicted molar refractivity (Wildman–Crippen MR) is 141 cm³/mol. The van der Waals surface area contributed by atoms with Crippen LogP contribution < -0.4 is 10.1 Å². The molecule has 0 unspecified atom stereocenters. The van der Waals surface area contributed by atoms with E-state index in [1.54, 1.807) is 48.7 Å². The molecule has 4 rings (SSSR count). The van der Waals surface area contributed by atoms with Crippen molar-refractivity contribution in [1.82, 2.24) is 4.98 Å². The molecule has 1 amide bonds. The number of hydrogen-bond donors (Lipinski definition) is 1. The molecule has 0 saturated carbocycles. The normalized spacial score (nSPS) is 11.1. The Hall–Kier alpha value is -3.63. The molecule has 8 heteroatoms. The highest BCUT2D eigenvalue weighted by atomic mass is 35.5. The number of aromatic nitrogens is 1. The summed E-state index contributed by atoms with van der Waals surface area (Å²) in [6.45, 7) is 0.460. The van der Waals surface area contributed by atoms with E-state index >= 15 is 0 Å². The lowest BCUT2D eigenvalue weighted by atomic mass is 10.1. The molecule has 0 radical (unpaired) electrons. The molecule has 0 bridgehead atoms. The molecule has 174 valence electrons. The number of halogens is 2. The van der Waals surface area contributed by atoms with Gasteiger partial charge >= 0.3 is 0 Å². The number of amides is 1. The van der Waals surface area contributed by atoms with E-state index in [2.05, 4.69) is 10.3 Å². The van der Waals surface area contributed by atoms with Gasteiger partial charge in [-0.1, -0.05) is 65.7 Å². The zero-order valence-corrected chi connectivity index (χ0v) is 20.7. The molecule has 0 aliphatic carbocycles. The Bertz CT molecular complexity index is 1390. The van der Waals surface area contributed by atoms with Crippen molar-refractivity contribution in [3.8, 4) is 11.8 Å². The molecule has 0 atom stereocenters. The Kier molecular flexibility index (Phi) is 8.17. The van der Waals surface area contributed by atoms with Crippen LogP contribution in [0.25, 0.3) is 6.08 Å². The van der Waals surface area contributed by atoms with E-state index in [4.69, 9.17) is 27.9 Å². The first-order chi connectivity index (χ1) is 17.0. The van der Waals surface area contributed by atoms with Crippen LogP contribution in [-0.2, 0) is 17.8 Å². The minimum absolute atomic E-state index is 0.0300. The number of nitriles is 1. The van der Waals surface area contributed by atoms with E-state index in [0.717, 1.165) is 16.0 Å². The summed E-state index contributed by atoms with van der Waals surface area (Å²) in [5.41, 5.74) is 2.62. The number of anilines is 1. The van der Waals surface area contributed by atoms with E-state index in [-0.39, 0.29) is 5.57 Å². The van der Waals surface area contributed by atoms with Crippen LogP contribution in [0.4, 0.5) is 5.13 Å². The lowest BCUT2D eigenvalue weighted by molar-refractivity contribution is -0.112. The van der Waals surface area contributed by atoms with Gasteiger partial charge in [-0.15, -0.1) is 11.3 Å². The van der Waals surface area contributed by atoms with Gasteiger partial charge in [0.2, 0.25) is 0 Å². The fraction of sp³-hybridized carbons (Fsp3) is 0.0741. The first kappa shape index (κ1) is 24.5. The molecule has 1 heterocycles. The topological polar surface area (TPSA) is 75.0 Å². The van der Waals surface area contributed by atoms with Crippen LogP contribution in [0.2, 0.25) is 10.0 Å². The molecule has 1 N–H and O–H groups in total. The van der Waals surface area contributed by atoms with E-state index in [1.165, 1.54) is 17.4 Å². The van der Waals surface area contributed by atoms with Crippen molar-refractivity contribution in [3.63, 3.8) is 0 Å². The highest BCUT2D eigenvalue weighted by Gasteiger charge is 2.13. The molecular weight excluding hydrogens is 501 g/mol. The first-order valence-electron chi connectivity index (χ1n) is 10.6. The molecule has 1 aromatic heterocycles. The maximum Gasteiger partial charge on any atom is 0.268 e. The molecule has 0 aliphatic heterocycles. The smallest absolute Gasteiger partial charge is 0.268 e. The van der Waals surface area contributed by atoms with Gasteiger partial charge in [0.05, 0.1) is 0 Å². The molecule has 0 fully saturated rings. The number of thiazole rings is 1. The van der Waals surface area contributed by atoms with Crippen molar-refractivity contribution in [2.24, 2.45) is 0 Å². The van der Waals surface area contributed by atoms with Crippen LogP contribution in [0.1, 0.15) is 21.6 Å². The fourth-order valence-electron chi connectivity index (χ4n) is 3.19. The molecule has 5 nitrogen and oxygen atoms in total. The van der Waals surface area contributed by atoms with Gasteiger partial charge in [-0.2, -0.15) is 5.26 Å². The van der Waals surface area contributed by atoms with Crippen LogP contribution in [-0.4, -0.2) is 10.9 Å². The highest BCUT2D eigenvalue weighted by Crippen LogP contribution is 2.27. The number of hydrogen-bond acceptors (Lipinski definition) is 5. The number of nitrogens with one attached hydrogen (secondary N) is 1. The van der Waals surface area contributed by atoms with Crippen LogP contribution in [0, 0.1) is 11.3 Å². The monoisotopic (exact) mass is 519 g/mol. The summed E-state index contributed by atoms with van der Waals surface area (Å²) in [5.74, 6) is 0.169. The van der Waals surface area contributed by atoms with Crippen molar-refractivity contribution in [3.05, 3.63) is 116 Å². The first-order valence-corrected chi connectivity index (χ1v) is 12.2. The van der Waals surface area contributed by atoms with Gasteiger partial charge in [0, 0.05) is 27.5 Å². The number of benzene rings is 3. The summed E-state index contributed by atoms with van der Waals surface area (Å²) in [4.78, 5) is 17.8. The molecule has 0 aliphatic rings. The average Bonchev–Trinajstić information content (AvgIpc) is 3.31. The summed E-state index contributed by atoms with van der Waals surface area (Å²) in [5, 5.41) is 13.8. The summed E-state index contributed by atoms with van der Waals surface area (Å²) in [6.07, 6.45) is 3.73. The quantitative estimate of drug-likeness (QED) is 0.198.